The first-order valence-corrected chi connectivity index (χ1v) is 6.31. The summed E-state index contributed by atoms with van der Waals surface area (Å²) in [5, 5.41) is 0. The van der Waals surface area contributed by atoms with Crippen molar-refractivity contribution in [2.75, 3.05) is 20.8 Å². The molecular weight excluding hydrogens is 248 g/mol. The van der Waals surface area contributed by atoms with Crippen molar-refractivity contribution in [3.8, 4) is 0 Å². The molecule has 1 atom stereocenters. The summed E-state index contributed by atoms with van der Waals surface area (Å²) in [6, 6.07) is -0.331. The molecule has 1 unspecified atom stereocenters. The molecule has 1 rings (SSSR count). The van der Waals surface area contributed by atoms with Crippen molar-refractivity contribution in [1.82, 2.24) is 4.90 Å². The van der Waals surface area contributed by atoms with Crippen LogP contribution in [0.1, 0.15) is 27.7 Å². The standard InChI is InChI=1S/C13H22N2O4/c1-7-19-13(16)15-10(8(2)3)11(17-5)14-9(4)12(15)18-6/h8,10H,7H2,1-6H3. The molecule has 6 nitrogen and oxygen atoms in total. The fraction of sp³-hybridized carbons (Fsp3) is 0.692. The van der Waals surface area contributed by atoms with Crippen molar-refractivity contribution in [2.45, 2.75) is 33.7 Å². The minimum Gasteiger partial charge on any atom is -0.483 e. The first-order chi connectivity index (χ1) is 8.97. The molecule has 0 saturated carbocycles. The number of nitrogens with zero attached hydrogens (tertiary/aromatic N) is 2. The largest absolute Gasteiger partial charge is 0.483 e. The van der Waals surface area contributed by atoms with Gasteiger partial charge in [0.1, 0.15) is 11.7 Å². The summed E-state index contributed by atoms with van der Waals surface area (Å²) < 4.78 is 15.7. The predicted octanol–water partition coefficient (Wildman–Crippen LogP) is 2.36. The van der Waals surface area contributed by atoms with Crippen LogP contribution < -0.4 is 0 Å². The molecule has 1 aliphatic rings. The van der Waals surface area contributed by atoms with Crippen molar-refractivity contribution in [2.24, 2.45) is 10.9 Å². The Hall–Kier alpha value is -1.72. The summed E-state index contributed by atoms with van der Waals surface area (Å²) in [5.74, 6) is 1.00. The van der Waals surface area contributed by atoms with Crippen LogP contribution in [0.5, 0.6) is 0 Å². The van der Waals surface area contributed by atoms with E-state index < -0.39 is 6.09 Å². The maximum Gasteiger partial charge on any atom is 0.417 e. The summed E-state index contributed by atoms with van der Waals surface area (Å²) in [6.45, 7) is 7.80. The number of aliphatic imine (C=N–C) groups is 1. The number of allylic oxidation sites excluding steroid dienone is 1. The average molecular weight is 270 g/mol. The number of carbonyl (C=O) groups is 1. The van der Waals surface area contributed by atoms with Crippen molar-refractivity contribution >= 4 is 12.0 Å². The smallest absolute Gasteiger partial charge is 0.417 e. The van der Waals surface area contributed by atoms with Crippen LogP contribution in [0, 0.1) is 5.92 Å². The Morgan fingerprint density at radius 3 is 2.42 bits per heavy atom. The van der Waals surface area contributed by atoms with Gasteiger partial charge in [0.15, 0.2) is 0 Å². The lowest BCUT2D eigenvalue weighted by Crippen LogP contribution is -2.50. The fourth-order valence-electron chi connectivity index (χ4n) is 2.08. The normalized spacial score (nSPS) is 19.4. The van der Waals surface area contributed by atoms with Gasteiger partial charge in [-0.25, -0.2) is 14.7 Å². The zero-order chi connectivity index (χ0) is 14.6. The molecule has 108 valence electrons. The predicted molar refractivity (Wildman–Crippen MR) is 71.6 cm³/mol. The molecule has 0 fully saturated rings. The zero-order valence-electron chi connectivity index (χ0n) is 12.4. The van der Waals surface area contributed by atoms with E-state index >= 15 is 0 Å². The molecule has 1 aliphatic heterocycles. The molecule has 0 aliphatic carbocycles. The van der Waals surface area contributed by atoms with Crippen LogP contribution in [0.15, 0.2) is 16.6 Å². The topological polar surface area (TPSA) is 60.4 Å². The van der Waals surface area contributed by atoms with E-state index in [1.54, 1.807) is 21.0 Å². The third kappa shape index (κ3) is 3.00. The Bertz CT molecular complexity index is 401. The van der Waals surface area contributed by atoms with Gasteiger partial charge >= 0.3 is 6.09 Å². The Kier molecular flexibility index (Phi) is 5.20. The van der Waals surface area contributed by atoms with Crippen molar-refractivity contribution in [3.05, 3.63) is 11.6 Å². The van der Waals surface area contributed by atoms with E-state index in [9.17, 15) is 4.79 Å². The van der Waals surface area contributed by atoms with Crippen LogP contribution in [-0.4, -0.2) is 43.8 Å². The van der Waals surface area contributed by atoms with E-state index in [2.05, 4.69) is 4.99 Å². The number of methoxy groups -OCH3 is 2. The molecule has 1 amide bonds. The quantitative estimate of drug-likeness (QED) is 0.790. The molecule has 6 heteroatoms. The van der Waals surface area contributed by atoms with Crippen LogP contribution in [0.3, 0.4) is 0 Å². The molecule has 19 heavy (non-hydrogen) atoms. The number of carbonyl (C=O) groups excluding carboxylic acids is 1. The van der Waals surface area contributed by atoms with E-state index in [1.165, 1.54) is 12.0 Å². The van der Waals surface area contributed by atoms with Crippen LogP contribution in [0.4, 0.5) is 4.79 Å². The number of amides is 1. The summed E-state index contributed by atoms with van der Waals surface area (Å²) in [6.07, 6.45) is -0.457. The first-order valence-electron chi connectivity index (χ1n) is 6.31. The average Bonchev–Trinajstić information content (AvgIpc) is 2.36. The summed E-state index contributed by atoms with van der Waals surface area (Å²) in [4.78, 5) is 18.0. The van der Waals surface area contributed by atoms with Gasteiger partial charge in [-0.1, -0.05) is 13.8 Å². The molecule has 1 heterocycles. The van der Waals surface area contributed by atoms with Gasteiger partial charge < -0.3 is 14.2 Å². The second-order valence-electron chi connectivity index (χ2n) is 4.51. The van der Waals surface area contributed by atoms with Crippen molar-refractivity contribution in [1.29, 1.82) is 0 Å². The Balaban J connectivity index is 3.25. The van der Waals surface area contributed by atoms with Crippen LogP contribution in [0.2, 0.25) is 0 Å². The van der Waals surface area contributed by atoms with E-state index in [4.69, 9.17) is 14.2 Å². The molecule has 0 spiro atoms. The zero-order valence-corrected chi connectivity index (χ0v) is 12.4. The fourth-order valence-corrected chi connectivity index (χ4v) is 2.08. The lowest BCUT2D eigenvalue weighted by molar-refractivity contribution is 0.0644. The first kappa shape index (κ1) is 15.3. The van der Waals surface area contributed by atoms with E-state index in [0.717, 1.165) is 0 Å². The molecule has 0 saturated heterocycles. The molecule has 0 aromatic heterocycles. The van der Waals surface area contributed by atoms with Crippen LogP contribution in [0.25, 0.3) is 0 Å². The number of hydrogen-bond acceptors (Lipinski definition) is 5. The maximum atomic E-state index is 12.2. The van der Waals surface area contributed by atoms with E-state index in [0.29, 0.717) is 24.1 Å². The number of ether oxygens (including phenoxy) is 3. The highest BCUT2D eigenvalue weighted by Gasteiger charge is 2.39. The second kappa shape index (κ2) is 6.45. The molecule has 0 aromatic carbocycles. The van der Waals surface area contributed by atoms with Gasteiger partial charge in [0, 0.05) is 0 Å². The van der Waals surface area contributed by atoms with Crippen molar-refractivity contribution in [3.63, 3.8) is 0 Å². The highest BCUT2D eigenvalue weighted by atomic mass is 16.6. The maximum absolute atomic E-state index is 12.2. The molecule has 0 bridgehead atoms. The molecule has 0 radical (unpaired) electrons. The molecular formula is C13H22N2O4. The Labute approximate surface area is 114 Å². The minimum absolute atomic E-state index is 0.112. The lowest BCUT2D eigenvalue weighted by atomic mass is 10.0. The summed E-state index contributed by atoms with van der Waals surface area (Å²) in [5.41, 5.74) is 0.587. The number of hydrogen-bond donors (Lipinski definition) is 0. The molecule has 0 aromatic rings. The lowest BCUT2D eigenvalue weighted by Gasteiger charge is -2.36. The second-order valence-corrected chi connectivity index (χ2v) is 4.51. The summed E-state index contributed by atoms with van der Waals surface area (Å²) >= 11 is 0. The van der Waals surface area contributed by atoms with Gasteiger partial charge in [0.25, 0.3) is 0 Å². The van der Waals surface area contributed by atoms with Gasteiger partial charge in [0.05, 0.1) is 20.8 Å². The highest BCUT2D eigenvalue weighted by Crippen LogP contribution is 2.27. The van der Waals surface area contributed by atoms with Crippen LogP contribution in [-0.2, 0) is 14.2 Å². The van der Waals surface area contributed by atoms with Gasteiger partial charge in [-0.05, 0) is 19.8 Å². The van der Waals surface area contributed by atoms with Gasteiger partial charge in [-0.15, -0.1) is 0 Å². The van der Waals surface area contributed by atoms with E-state index in [-0.39, 0.29) is 12.0 Å². The van der Waals surface area contributed by atoms with Gasteiger partial charge in [-0.3, -0.25) is 0 Å². The molecule has 0 N–H and O–H groups in total. The van der Waals surface area contributed by atoms with E-state index in [1.807, 2.05) is 13.8 Å². The highest BCUT2D eigenvalue weighted by molar-refractivity contribution is 5.88. The Morgan fingerprint density at radius 1 is 1.37 bits per heavy atom. The monoisotopic (exact) mass is 270 g/mol. The SMILES string of the molecule is CCOC(=O)N1C(OC)=C(C)N=C(OC)C1C(C)C. The van der Waals surface area contributed by atoms with Crippen molar-refractivity contribution < 1.29 is 19.0 Å². The third-order valence-electron chi connectivity index (χ3n) is 2.84. The minimum atomic E-state index is -0.457. The van der Waals surface area contributed by atoms with Crippen LogP contribution >= 0.6 is 0 Å². The van der Waals surface area contributed by atoms with Gasteiger partial charge in [0.2, 0.25) is 11.8 Å². The Morgan fingerprint density at radius 2 is 2.00 bits per heavy atom. The third-order valence-corrected chi connectivity index (χ3v) is 2.84. The number of rotatable bonds is 3. The van der Waals surface area contributed by atoms with Gasteiger partial charge in [-0.2, -0.15) is 0 Å². The summed E-state index contributed by atoms with van der Waals surface area (Å²) in [7, 11) is 3.05.